The summed E-state index contributed by atoms with van der Waals surface area (Å²) in [4.78, 5) is 34.7. The van der Waals surface area contributed by atoms with Crippen LogP contribution >= 0.6 is 0 Å². The fourth-order valence-electron chi connectivity index (χ4n) is 4.83. The molecule has 0 saturated heterocycles. The quantitative estimate of drug-likeness (QED) is 0.0453. The van der Waals surface area contributed by atoms with Gasteiger partial charge in [0.2, 0.25) is 5.91 Å². The summed E-state index contributed by atoms with van der Waals surface area (Å²) in [5.41, 5.74) is 0. The van der Waals surface area contributed by atoms with E-state index in [4.69, 9.17) is 9.84 Å². The van der Waals surface area contributed by atoms with Gasteiger partial charge in [-0.2, -0.15) is 0 Å². The van der Waals surface area contributed by atoms with Crippen LogP contribution in [0.3, 0.4) is 0 Å². The molecular weight excluding hydrogens is 562 g/mol. The van der Waals surface area contributed by atoms with Crippen LogP contribution in [0.2, 0.25) is 0 Å². The van der Waals surface area contributed by atoms with Gasteiger partial charge in [0.05, 0.1) is 0 Å². The van der Waals surface area contributed by atoms with Crippen LogP contribution in [-0.2, 0) is 19.1 Å². The Labute approximate surface area is 275 Å². The highest BCUT2D eigenvalue weighted by Gasteiger charge is 2.14. The predicted molar refractivity (Wildman–Crippen MR) is 189 cm³/mol. The maximum atomic E-state index is 12.5. The Hall–Kier alpha value is -2.89. The summed E-state index contributed by atoms with van der Waals surface area (Å²) in [6.45, 7) is 4.01. The number of carbonyl (C=O) groups excluding carboxylic acids is 2. The van der Waals surface area contributed by atoms with Crippen LogP contribution < -0.4 is 5.32 Å². The van der Waals surface area contributed by atoms with Gasteiger partial charge in [0, 0.05) is 12.8 Å². The largest absolute Gasteiger partial charge is 0.480 e. The minimum atomic E-state index is -1.03. The van der Waals surface area contributed by atoms with Gasteiger partial charge in [-0.05, 0) is 83.5 Å². The van der Waals surface area contributed by atoms with Crippen molar-refractivity contribution >= 4 is 17.8 Å². The summed E-state index contributed by atoms with van der Waals surface area (Å²) in [5.74, 6) is -1.34. The molecule has 1 atom stereocenters. The van der Waals surface area contributed by atoms with E-state index in [1.807, 2.05) is 0 Å². The number of rotatable bonds is 31. The number of nitrogens with one attached hydrogen (secondary N) is 1. The van der Waals surface area contributed by atoms with Gasteiger partial charge in [0.25, 0.3) is 0 Å². The first-order valence-electron chi connectivity index (χ1n) is 17.9. The van der Waals surface area contributed by atoms with Gasteiger partial charge in [-0.25, -0.2) is 0 Å². The van der Waals surface area contributed by atoms with Crippen molar-refractivity contribution < 1.29 is 24.2 Å². The van der Waals surface area contributed by atoms with Crippen LogP contribution in [0.25, 0.3) is 0 Å². The van der Waals surface area contributed by atoms with Crippen molar-refractivity contribution in [3.63, 3.8) is 0 Å². The number of hydrogen-bond acceptors (Lipinski definition) is 4. The molecule has 6 heteroatoms. The monoisotopic (exact) mass is 627 g/mol. The Bertz CT molecular complexity index is 871. The van der Waals surface area contributed by atoms with Gasteiger partial charge in [-0.3, -0.25) is 14.4 Å². The van der Waals surface area contributed by atoms with E-state index in [-0.39, 0.29) is 24.5 Å². The molecule has 0 aliphatic carbocycles. The van der Waals surface area contributed by atoms with Gasteiger partial charge in [-0.1, -0.05) is 120 Å². The molecule has 0 fully saturated rings. The van der Waals surface area contributed by atoms with Crippen molar-refractivity contribution in [3.8, 4) is 0 Å². The van der Waals surface area contributed by atoms with E-state index in [0.29, 0.717) is 19.3 Å². The number of aliphatic carboxylic acids is 1. The number of carboxylic acids is 1. The number of esters is 1. The Morgan fingerprint density at radius 2 is 1.09 bits per heavy atom. The summed E-state index contributed by atoms with van der Waals surface area (Å²) in [6.07, 6.45) is 43.6. The number of unbranched alkanes of at least 4 members (excludes halogenated alkanes) is 10. The highest BCUT2D eigenvalue weighted by molar-refractivity contribution is 5.80. The molecule has 0 aliphatic rings. The summed E-state index contributed by atoms with van der Waals surface area (Å²) in [5, 5.41) is 11.0. The average molecular weight is 628 g/mol. The molecule has 1 amide bonds. The summed E-state index contributed by atoms with van der Waals surface area (Å²) >= 11 is 0. The number of allylic oxidation sites excluding steroid dienone is 10. The predicted octanol–water partition coefficient (Wildman–Crippen LogP) is 10.5. The molecule has 0 bridgehead atoms. The minimum absolute atomic E-state index is 0.0429. The summed E-state index contributed by atoms with van der Waals surface area (Å²) in [6, 6.07) is 0. The molecule has 256 valence electrons. The zero-order valence-corrected chi connectivity index (χ0v) is 28.7. The molecule has 0 rings (SSSR count). The number of ether oxygens (including phenoxy) is 1. The Morgan fingerprint density at radius 1 is 0.600 bits per heavy atom. The molecule has 0 aliphatic heterocycles. The molecule has 0 saturated carbocycles. The normalized spacial score (nSPS) is 12.8. The van der Waals surface area contributed by atoms with Crippen molar-refractivity contribution in [2.45, 2.75) is 161 Å². The zero-order valence-electron chi connectivity index (χ0n) is 28.7. The lowest BCUT2D eigenvalue weighted by Crippen LogP contribution is -2.28. The maximum absolute atomic E-state index is 12.5. The first-order chi connectivity index (χ1) is 22.0. The molecule has 0 aromatic carbocycles. The third-order valence-corrected chi connectivity index (χ3v) is 7.45. The van der Waals surface area contributed by atoms with Crippen molar-refractivity contribution in [1.82, 2.24) is 5.32 Å². The van der Waals surface area contributed by atoms with E-state index in [9.17, 15) is 14.4 Å². The fourth-order valence-corrected chi connectivity index (χ4v) is 4.83. The van der Waals surface area contributed by atoms with E-state index in [1.54, 1.807) is 0 Å². The highest BCUT2D eigenvalue weighted by atomic mass is 16.5. The molecule has 45 heavy (non-hydrogen) atoms. The Morgan fingerprint density at radius 3 is 1.67 bits per heavy atom. The van der Waals surface area contributed by atoms with Crippen LogP contribution in [0.4, 0.5) is 0 Å². The topological polar surface area (TPSA) is 92.7 Å². The Balaban J connectivity index is 3.92. The van der Waals surface area contributed by atoms with E-state index >= 15 is 0 Å². The van der Waals surface area contributed by atoms with E-state index in [0.717, 1.165) is 96.3 Å². The molecule has 0 aromatic rings. The lowest BCUT2D eigenvalue weighted by Gasteiger charge is -2.18. The van der Waals surface area contributed by atoms with Crippen LogP contribution in [0, 0.1) is 0 Å². The minimum Gasteiger partial charge on any atom is -0.480 e. The Kier molecular flexibility index (Phi) is 31.8. The molecule has 6 nitrogen and oxygen atoms in total. The summed E-state index contributed by atoms with van der Waals surface area (Å²) in [7, 11) is 0. The first-order valence-corrected chi connectivity index (χ1v) is 17.9. The first kappa shape index (κ1) is 42.1. The molecule has 0 radical (unpaired) electrons. The van der Waals surface area contributed by atoms with Crippen LogP contribution in [-0.4, -0.2) is 35.6 Å². The van der Waals surface area contributed by atoms with E-state index < -0.39 is 5.97 Å². The van der Waals surface area contributed by atoms with Crippen molar-refractivity contribution in [1.29, 1.82) is 0 Å². The molecule has 2 N–H and O–H groups in total. The van der Waals surface area contributed by atoms with Gasteiger partial charge in [-0.15, -0.1) is 0 Å². The van der Waals surface area contributed by atoms with Crippen LogP contribution in [0.15, 0.2) is 60.8 Å². The van der Waals surface area contributed by atoms with E-state index in [1.165, 1.54) is 25.7 Å². The van der Waals surface area contributed by atoms with Gasteiger partial charge in [0.15, 0.2) is 0 Å². The van der Waals surface area contributed by atoms with Crippen molar-refractivity contribution in [3.05, 3.63) is 60.8 Å². The second kappa shape index (κ2) is 34.0. The molecule has 0 heterocycles. The lowest BCUT2D eigenvalue weighted by molar-refractivity contribution is -0.150. The third kappa shape index (κ3) is 33.8. The summed E-state index contributed by atoms with van der Waals surface area (Å²) < 4.78 is 5.86. The third-order valence-electron chi connectivity index (χ3n) is 7.45. The molecular formula is C39H65NO5. The number of carboxylic acid groups (broad SMARTS) is 1. The van der Waals surface area contributed by atoms with Gasteiger partial charge < -0.3 is 15.2 Å². The lowest BCUT2D eigenvalue weighted by atomic mass is 10.0. The highest BCUT2D eigenvalue weighted by Crippen LogP contribution is 2.17. The number of amides is 1. The second-order valence-electron chi connectivity index (χ2n) is 11.7. The SMILES string of the molecule is CC/C=C\C/C=C\C/C=C\C/C=C\C/C=C\CCCCCCCC(=O)OC(CCCCCC)CCCCCC(=O)NCC(=O)O. The average Bonchev–Trinajstić information content (AvgIpc) is 3.02. The molecule has 0 spiro atoms. The number of hydrogen-bond donors (Lipinski definition) is 2. The number of carbonyl (C=O) groups is 3. The van der Waals surface area contributed by atoms with Crippen LogP contribution in [0.5, 0.6) is 0 Å². The fraction of sp³-hybridized carbons (Fsp3) is 0.667. The standard InChI is InChI=1S/C39H65NO5/c1-3-5-7-9-10-11-12-13-14-15-16-17-18-19-20-21-22-23-24-25-30-34-39(44)45-36(31-27-8-6-4-2)32-28-26-29-33-37(41)40-35-38(42)43/h5,7,10-11,13-14,16-17,19-20,36H,3-4,6,8-9,12,15,18,21-35H2,1-2H3,(H,40,41)(H,42,43)/b7-5-,11-10-,14-13-,17-16-,20-19-. The zero-order chi connectivity index (χ0) is 33.1. The van der Waals surface area contributed by atoms with Gasteiger partial charge in [0.1, 0.15) is 12.6 Å². The maximum Gasteiger partial charge on any atom is 0.322 e. The smallest absolute Gasteiger partial charge is 0.322 e. The van der Waals surface area contributed by atoms with Gasteiger partial charge >= 0.3 is 11.9 Å². The van der Waals surface area contributed by atoms with E-state index in [2.05, 4.69) is 79.9 Å². The molecule has 0 aromatic heterocycles. The molecule has 1 unspecified atom stereocenters. The second-order valence-corrected chi connectivity index (χ2v) is 11.7. The van der Waals surface area contributed by atoms with Crippen molar-refractivity contribution in [2.24, 2.45) is 0 Å². The van der Waals surface area contributed by atoms with Crippen LogP contribution in [0.1, 0.15) is 155 Å². The van der Waals surface area contributed by atoms with Crippen molar-refractivity contribution in [2.75, 3.05) is 6.54 Å².